The van der Waals surface area contributed by atoms with Crippen LogP contribution in [-0.4, -0.2) is 59.0 Å². The molecule has 1 aromatic carbocycles. The highest BCUT2D eigenvalue weighted by molar-refractivity contribution is 5.89. The number of aromatic nitrogens is 1. The van der Waals surface area contributed by atoms with Gasteiger partial charge in [-0.1, -0.05) is 44.2 Å². The Balaban J connectivity index is 1.61. The van der Waals surface area contributed by atoms with E-state index in [0.717, 1.165) is 5.56 Å². The van der Waals surface area contributed by atoms with Gasteiger partial charge in [-0.15, -0.1) is 0 Å². The molecule has 210 valence electrons. The summed E-state index contributed by atoms with van der Waals surface area (Å²) < 4.78 is 29.4. The summed E-state index contributed by atoms with van der Waals surface area (Å²) in [6.45, 7) is 5.74. The van der Waals surface area contributed by atoms with Crippen molar-refractivity contribution in [1.29, 1.82) is 0 Å². The van der Waals surface area contributed by atoms with Crippen LogP contribution in [0.25, 0.3) is 0 Å². The van der Waals surface area contributed by atoms with Gasteiger partial charge in [-0.3, -0.25) is 14.4 Å². The molecular formula is C27H35F2N7O3. The zero-order valence-corrected chi connectivity index (χ0v) is 22.3. The summed E-state index contributed by atoms with van der Waals surface area (Å²) in [6, 6.07) is 8.37. The lowest BCUT2D eigenvalue weighted by Crippen LogP contribution is -2.48. The number of alkyl halides is 1. The lowest BCUT2D eigenvalue weighted by Gasteiger charge is -2.27. The Kier molecular flexibility index (Phi) is 9.20. The first-order chi connectivity index (χ1) is 18.6. The van der Waals surface area contributed by atoms with Crippen LogP contribution in [0, 0.1) is 5.95 Å². The Morgan fingerprint density at radius 3 is 2.67 bits per heavy atom. The fourth-order valence-corrected chi connectivity index (χ4v) is 4.86. The van der Waals surface area contributed by atoms with E-state index < -0.39 is 30.1 Å². The molecule has 5 N–H and O–H groups in total. The van der Waals surface area contributed by atoms with E-state index in [9.17, 15) is 23.2 Å². The number of halogens is 2. The largest absolute Gasteiger partial charge is 0.352 e. The molecule has 0 radical (unpaired) electrons. The minimum atomic E-state index is -1.34. The maximum atomic E-state index is 14.9. The number of benzene rings is 1. The van der Waals surface area contributed by atoms with Crippen molar-refractivity contribution in [2.24, 2.45) is 0 Å². The molecule has 4 atom stereocenters. The van der Waals surface area contributed by atoms with Gasteiger partial charge in [0.2, 0.25) is 23.7 Å². The minimum Gasteiger partial charge on any atom is -0.352 e. The number of nitrogens with zero attached hydrogens (tertiary/aromatic N) is 2. The lowest BCUT2D eigenvalue weighted by molar-refractivity contribution is -0.139. The predicted molar refractivity (Wildman–Crippen MR) is 140 cm³/mol. The average molecular weight is 544 g/mol. The highest BCUT2D eigenvalue weighted by atomic mass is 19.1. The highest BCUT2D eigenvalue weighted by Gasteiger charge is 2.41. The quantitative estimate of drug-likeness (QED) is 0.303. The zero-order chi connectivity index (χ0) is 28.1. The SMILES string of the molecule is CC(=O)NCc1cccc([C@H](NC(=O)[C@@H]2C[C@@H](F)CN2C(=O)CC2CNNN2)c2ccc(C(C)C)c(F)n2)c1. The summed E-state index contributed by atoms with van der Waals surface area (Å²) in [7, 11) is 0. The average Bonchev–Trinajstić information content (AvgIpc) is 3.55. The van der Waals surface area contributed by atoms with Gasteiger partial charge >= 0.3 is 0 Å². The van der Waals surface area contributed by atoms with E-state index in [-0.39, 0.29) is 55.4 Å². The first-order valence-corrected chi connectivity index (χ1v) is 13.1. The van der Waals surface area contributed by atoms with Crippen molar-refractivity contribution in [3.05, 3.63) is 64.7 Å². The molecule has 0 aliphatic carbocycles. The molecule has 0 spiro atoms. The maximum absolute atomic E-state index is 14.9. The summed E-state index contributed by atoms with van der Waals surface area (Å²) in [5.41, 5.74) is 10.6. The number of hydrogen-bond donors (Lipinski definition) is 5. The Bertz CT molecular complexity index is 1210. The van der Waals surface area contributed by atoms with Crippen molar-refractivity contribution in [3.8, 4) is 0 Å². The van der Waals surface area contributed by atoms with Crippen LogP contribution in [0.4, 0.5) is 8.78 Å². The molecule has 2 aliphatic rings. The van der Waals surface area contributed by atoms with Crippen LogP contribution in [-0.2, 0) is 20.9 Å². The smallest absolute Gasteiger partial charge is 0.243 e. The molecule has 12 heteroatoms. The fraction of sp³-hybridized carbons (Fsp3) is 0.481. The second kappa shape index (κ2) is 12.6. The summed E-state index contributed by atoms with van der Waals surface area (Å²) in [5.74, 6) is -1.79. The molecule has 2 fully saturated rings. The summed E-state index contributed by atoms with van der Waals surface area (Å²) in [5, 5.41) is 5.64. The number of amides is 3. The molecule has 2 aliphatic heterocycles. The Hall–Kier alpha value is -3.48. The zero-order valence-electron chi connectivity index (χ0n) is 22.3. The van der Waals surface area contributed by atoms with Crippen LogP contribution in [0.2, 0.25) is 0 Å². The van der Waals surface area contributed by atoms with Gasteiger partial charge in [0, 0.05) is 44.5 Å². The van der Waals surface area contributed by atoms with Gasteiger partial charge in [0.05, 0.1) is 18.3 Å². The number of likely N-dealkylation sites (tertiary alicyclic amines) is 1. The van der Waals surface area contributed by atoms with Gasteiger partial charge in [0.1, 0.15) is 12.2 Å². The molecule has 1 unspecified atom stereocenters. The van der Waals surface area contributed by atoms with Crippen molar-refractivity contribution >= 4 is 17.7 Å². The number of carbonyl (C=O) groups is 3. The van der Waals surface area contributed by atoms with E-state index in [1.165, 1.54) is 11.8 Å². The van der Waals surface area contributed by atoms with E-state index in [4.69, 9.17) is 0 Å². The third-order valence-corrected chi connectivity index (χ3v) is 6.94. The van der Waals surface area contributed by atoms with E-state index in [2.05, 4.69) is 32.0 Å². The van der Waals surface area contributed by atoms with Gasteiger partial charge in [-0.05, 0) is 23.1 Å². The van der Waals surface area contributed by atoms with Crippen LogP contribution < -0.4 is 27.0 Å². The van der Waals surface area contributed by atoms with Gasteiger partial charge < -0.3 is 15.5 Å². The van der Waals surface area contributed by atoms with E-state index in [1.807, 2.05) is 19.9 Å². The number of hydrogen-bond acceptors (Lipinski definition) is 7. The third kappa shape index (κ3) is 7.14. The van der Waals surface area contributed by atoms with Crippen molar-refractivity contribution in [3.63, 3.8) is 0 Å². The number of rotatable bonds is 9. The predicted octanol–water partition coefficient (Wildman–Crippen LogP) is 1.50. The first kappa shape index (κ1) is 28.5. The molecule has 0 bridgehead atoms. The lowest BCUT2D eigenvalue weighted by atomic mass is 9.98. The van der Waals surface area contributed by atoms with Gasteiger partial charge in [0.25, 0.3) is 0 Å². The Morgan fingerprint density at radius 1 is 1.21 bits per heavy atom. The molecule has 10 nitrogen and oxygen atoms in total. The van der Waals surface area contributed by atoms with Crippen LogP contribution in [0.15, 0.2) is 36.4 Å². The van der Waals surface area contributed by atoms with Crippen molar-refractivity contribution in [2.45, 2.75) is 70.4 Å². The maximum Gasteiger partial charge on any atom is 0.243 e. The minimum absolute atomic E-state index is 0.0834. The van der Waals surface area contributed by atoms with E-state index >= 15 is 0 Å². The topological polar surface area (TPSA) is 127 Å². The van der Waals surface area contributed by atoms with Crippen molar-refractivity contribution < 1.29 is 23.2 Å². The highest BCUT2D eigenvalue weighted by Crippen LogP contribution is 2.27. The van der Waals surface area contributed by atoms with Gasteiger partial charge in [-0.25, -0.2) is 20.2 Å². The molecule has 3 amide bonds. The van der Waals surface area contributed by atoms with Crippen molar-refractivity contribution in [2.75, 3.05) is 13.1 Å². The molecule has 2 saturated heterocycles. The van der Waals surface area contributed by atoms with E-state index in [0.29, 0.717) is 17.7 Å². The Labute approximate surface area is 226 Å². The van der Waals surface area contributed by atoms with Gasteiger partial charge in [0.15, 0.2) is 0 Å². The summed E-state index contributed by atoms with van der Waals surface area (Å²) >= 11 is 0. The molecule has 3 heterocycles. The molecule has 39 heavy (non-hydrogen) atoms. The number of carbonyl (C=O) groups excluding carboxylic acids is 3. The molecule has 0 saturated carbocycles. The van der Waals surface area contributed by atoms with Crippen LogP contribution >= 0.6 is 0 Å². The monoisotopic (exact) mass is 543 g/mol. The molecule has 4 rings (SSSR count). The number of pyridine rings is 1. The summed E-state index contributed by atoms with van der Waals surface area (Å²) in [6.07, 6.45) is -1.37. The van der Waals surface area contributed by atoms with Crippen LogP contribution in [0.3, 0.4) is 0 Å². The summed E-state index contributed by atoms with van der Waals surface area (Å²) in [4.78, 5) is 43.4. The third-order valence-electron chi connectivity index (χ3n) is 6.94. The fourth-order valence-electron chi connectivity index (χ4n) is 4.86. The first-order valence-electron chi connectivity index (χ1n) is 13.1. The standard InChI is InChI=1S/C27H35F2N7O3/c1-15(2)21-7-8-22(32-26(21)29)25(18-6-4-5-17(9-18)12-30-16(3)37)33-27(39)23-10-19(28)14-36(23)24(38)11-20-13-31-35-34-20/h4-9,15,19-20,23,25,31,34-35H,10-14H2,1-3H3,(H,30,37)(H,33,39)/t19-,20?,23+,25+/m1/s1. The van der Waals surface area contributed by atoms with Gasteiger partial charge in [-0.2, -0.15) is 9.93 Å². The number of hydrazine groups is 2. The van der Waals surface area contributed by atoms with Crippen LogP contribution in [0.1, 0.15) is 68.0 Å². The van der Waals surface area contributed by atoms with E-state index in [1.54, 1.807) is 30.3 Å². The Morgan fingerprint density at radius 2 is 2.00 bits per heavy atom. The molecular weight excluding hydrogens is 508 g/mol. The van der Waals surface area contributed by atoms with Crippen LogP contribution in [0.5, 0.6) is 0 Å². The molecule has 2 aromatic rings. The molecule has 1 aromatic heterocycles. The second-order valence-electron chi connectivity index (χ2n) is 10.3. The van der Waals surface area contributed by atoms with Crippen molar-refractivity contribution in [1.82, 2.24) is 36.9 Å². The number of nitrogens with one attached hydrogen (secondary N) is 5. The normalized spacial score (nSPS) is 21.7. The second-order valence-corrected chi connectivity index (χ2v) is 10.3.